The van der Waals surface area contributed by atoms with E-state index in [1.807, 2.05) is 43.3 Å². The number of aryl methyl sites for hydroxylation is 1. The Morgan fingerprint density at radius 1 is 1.23 bits per heavy atom. The minimum atomic E-state index is -0.993. The molecule has 8 heteroatoms. The lowest BCUT2D eigenvalue weighted by atomic mass is 10.1. The molecule has 3 rings (SSSR count). The van der Waals surface area contributed by atoms with Gasteiger partial charge in [-0.15, -0.1) is 0 Å². The third-order valence-electron chi connectivity index (χ3n) is 4.49. The van der Waals surface area contributed by atoms with Crippen molar-refractivity contribution in [2.75, 3.05) is 7.11 Å². The van der Waals surface area contributed by atoms with Crippen LogP contribution in [0.1, 0.15) is 23.6 Å². The molecule has 0 N–H and O–H groups in total. The van der Waals surface area contributed by atoms with Crippen LogP contribution in [0.25, 0.3) is 6.08 Å². The highest BCUT2D eigenvalue weighted by atomic mass is 79.9. The smallest absolute Gasteiger partial charge is 0.328 e. The first-order valence-electron chi connectivity index (χ1n) is 9.13. The normalized spacial score (nSPS) is 16.1. The van der Waals surface area contributed by atoms with E-state index in [4.69, 9.17) is 4.74 Å². The summed E-state index contributed by atoms with van der Waals surface area (Å²) in [5.41, 5.74) is 2.81. The SMILES string of the molecule is COC(=O)[C@@H](C)N1C(=O)S/C(=C/c2cc(Br)ccc2OCc2cccc(C)c2)C1=O. The highest BCUT2D eigenvalue weighted by molar-refractivity contribution is 9.10. The molecule has 0 spiro atoms. The fourth-order valence-corrected chi connectivity index (χ4v) is 4.24. The van der Waals surface area contributed by atoms with Crippen LogP contribution in [0, 0.1) is 6.92 Å². The van der Waals surface area contributed by atoms with Gasteiger partial charge >= 0.3 is 5.97 Å². The van der Waals surface area contributed by atoms with Gasteiger partial charge in [0.2, 0.25) is 0 Å². The number of esters is 1. The number of methoxy groups -OCH3 is 1. The van der Waals surface area contributed by atoms with E-state index in [-0.39, 0.29) is 4.91 Å². The highest BCUT2D eigenvalue weighted by Gasteiger charge is 2.41. The van der Waals surface area contributed by atoms with Crippen LogP contribution in [0.4, 0.5) is 4.79 Å². The third kappa shape index (κ3) is 4.94. The van der Waals surface area contributed by atoms with E-state index in [0.717, 1.165) is 32.3 Å². The number of hydrogen-bond acceptors (Lipinski definition) is 6. The Kier molecular flexibility index (Phi) is 6.99. The largest absolute Gasteiger partial charge is 0.488 e. The Hall–Kier alpha value is -2.58. The molecule has 1 aliphatic rings. The molecule has 1 aliphatic heterocycles. The van der Waals surface area contributed by atoms with Crippen molar-refractivity contribution >= 4 is 50.9 Å². The maximum Gasteiger partial charge on any atom is 0.328 e. The van der Waals surface area contributed by atoms with Crippen molar-refractivity contribution in [3.05, 3.63) is 68.5 Å². The summed E-state index contributed by atoms with van der Waals surface area (Å²) in [5.74, 6) is -0.608. The summed E-state index contributed by atoms with van der Waals surface area (Å²) < 4.78 is 11.4. The van der Waals surface area contributed by atoms with Gasteiger partial charge in [0.1, 0.15) is 18.4 Å². The zero-order chi connectivity index (χ0) is 21.8. The number of carbonyl (C=O) groups excluding carboxylic acids is 3. The molecule has 0 unspecified atom stereocenters. The molecule has 30 heavy (non-hydrogen) atoms. The molecule has 0 aromatic heterocycles. The van der Waals surface area contributed by atoms with E-state index in [9.17, 15) is 14.4 Å². The third-order valence-corrected chi connectivity index (χ3v) is 5.87. The van der Waals surface area contributed by atoms with Crippen molar-refractivity contribution < 1.29 is 23.9 Å². The summed E-state index contributed by atoms with van der Waals surface area (Å²) in [5, 5.41) is -0.513. The number of rotatable bonds is 6. The molecule has 156 valence electrons. The first-order valence-corrected chi connectivity index (χ1v) is 10.7. The first kappa shape index (κ1) is 22.1. The molecule has 0 radical (unpaired) electrons. The molecule has 1 saturated heterocycles. The standard InChI is InChI=1S/C22H20BrNO5S/c1-13-5-4-6-15(9-13)12-29-18-8-7-17(23)10-16(18)11-19-20(25)24(22(27)30-19)14(2)21(26)28-3/h4-11,14H,12H2,1-3H3/b19-11+/t14-/m1/s1. The molecule has 2 aromatic carbocycles. The van der Waals surface area contributed by atoms with Gasteiger partial charge < -0.3 is 9.47 Å². The number of benzene rings is 2. The summed E-state index contributed by atoms with van der Waals surface area (Å²) in [7, 11) is 1.22. The number of halogens is 1. The monoisotopic (exact) mass is 489 g/mol. The van der Waals surface area contributed by atoms with Crippen LogP contribution in [0.3, 0.4) is 0 Å². The summed E-state index contributed by atoms with van der Waals surface area (Å²) >= 11 is 4.21. The topological polar surface area (TPSA) is 72.9 Å². The second kappa shape index (κ2) is 9.49. The first-order chi connectivity index (χ1) is 14.3. The zero-order valence-corrected chi connectivity index (χ0v) is 19.1. The molecule has 1 heterocycles. The van der Waals surface area contributed by atoms with Crippen molar-refractivity contribution in [2.24, 2.45) is 0 Å². The molecular formula is C22H20BrNO5S. The average Bonchev–Trinajstić information content (AvgIpc) is 2.99. The van der Waals surface area contributed by atoms with Gasteiger partial charge in [-0.25, -0.2) is 4.79 Å². The van der Waals surface area contributed by atoms with Crippen LogP contribution in [0.5, 0.6) is 5.75 Å². The van der Waals surface area contributed by atoms with Gasteiger partial charge in [-0.3, -0.25) is 14.5 Å². The molecule has 0 saturated carbocycles. The van der Waals surface area contributed by atoms with Crippen LogP contribution in [-0.2, 0) is 20.9 Å². The highest BCUT2D eigenvalue weighted by Crippen LogP contribution is 2.36. The van der Waals surface area contributed by atoms with E-state index in [1.165, 1.54) is 14.0 Å². The van der Waals surface area contributed by atoms with E-state index in [2.05, 4.69) is 20.7 Å². The van der Waals surface area contributed by atoms with Gasteiger partial charge in [0.05, 0.1) is 12.0 Å². The lowest BCUT2D eigenvalue weighted by Gasteiger charge is -2.18. The van der Waals surface area contributed by atoms with E-state index < -0.39 is 23.2 Å². The summed E-state index contributed by atoms with van der Waals surface area (Å²) in [6, 6.07) is 12.5. The Morgan fingerprint density at radius 3 is 2.70 bits per heavy atom. The predicted molar refractivity (Wildman–Crippen MR) is 119 cm³/mol. The average molecular weight is 490 g/mol. The number of ether oxygens (including phenoxy) is 2. The van der Waals surface area contributed by atoms with Crippen LogP contribution < -0.4 is 4.74 Å². The van der Waals surface area contributed by atoms with Crippen molar-refractivity contribution in [3.8, 4) is 5.75 Å². The Balaban J connectivity index is 1.86. The minimum Gasteiger partial charge on any atom is -0.488 e. The van der Waals surface area contributed by atoms with Gasteiger partial charge in [-0.1, -0.05) is 45.8 Å². The van der Waals surface area contributed by atoms with Crippen LogP contribution in [0.2, 0.25) is 0 Å². The second-order valence-electron chi connectivity index (χ2n) is 6.71. The molecule has 0 bridgehead atoms. The number of thioether (sulfide) groups is 1. The molecule has 6 nitrogen and oxygen atoms in total. The number of amides is 2. The van der Waals surface area contributed by atoms with Gasteiger partial charge in [0, 0.05) is 10.0 Å². The summed E-state index contributed by atoms with van der Waals surface area (Å²) in [6.07, 6.45) is 1.60. The minimum absolute atomic E-state index is 0.217. The summed E-state index contributed by atoms with van der Waals surface area (Å²) in [4.78, 5) is 38.0. The number of imide groups is 1. The zero-order valence-electron chi connectivity index (χ0n) is 16.7. The fourth-order valence-electron chi connectivity index (χ4n) is 2.96. The lowest BCUT2D eigenvalue weighted by Crippen LogP contribution is -2.42. The number of carbonyl (C=O) groups is 3. The van der Waals surface area contributed by atoms with E-state index in [1.54, 1.807) is 12.1 Å². The molecule has 1 fully saturated rings. The second-order valence-corrected chi connectivity index (χ2v) is 8.62. The van der Waals surface area contributed by atoms with Crippen molar-refractivity contribution in [3.63, 3.8) is 0 Å². The van der Waals surface area contributed by atoms with Crippen LogP contribution in [0.15, 0.2) is 51.8 Å². The maximum atomic E-state index is 12.8. The molecule has 1 atom stereocenters. The summed E-state index contributed by atoms with van der Waals surface area (Å²) in [6.45, 7) is 3.84. The van der Waals surface area contributed by atoms with Crippen LogP contribution in [-0.4, -0.2) is 35.2 Å². The van der Waals surface area contributed by atoms with E-state index >= 15 is 0 Å². The lowest BCUT2D eigenvalue weighted by molar-refractivity contribution is -0.148. The fraction of sp³-hybridized carbons (Fsp3) is 0.227. The molecule has 2 aromatic rings. The van der Waals surface area contributed by atoms with Gasteiger partial charge in [-0.2, -0.15) is 0 Å². The van der Waals surface area contributed by atoms with Gasteiger partial charge in [-0.05, 0) is 55.4 Å². The van der Waals surface area contributed by atoms with Crippen molar-refractivity contribution in [1.82, 2.24) is 4.90 Å². The molecule has 0 aliphatic carbocycles. The molecular weight excluding hydrogens is 470 g/mol. The Bertz CT molecular complexity index is 1040. The van der Waals surface area contributed by atoms with Crippen LogP contribution >= 0.6 is 27.7 Å². The van der Waals surface area contributed by atoms with Crippen molar-refractivity contribution in [1.29, 1.82) is 0 Å². The Morgan fingerprint density at radius 2 is 2.00 bits per heavy atom. The van der Waals surface area contributed by atoms with E-state index in [0.29, 0.717) is 17.9 Å². The maximum absolute atomic E-state index is 12.8. The van der Waals surface area contributed by atoms with Gasteiger partial charge in [0.25, 0.3) is 11.1 Å². The molecule has 2 amide bonds. The Labute approximate surface area is 187 Å². The van der Waals surface area contributed by atoms with Crippen molar-refractivity contribution in [2.45, 2.75) is 26.5 Å². The van der Waals surface area contributed by atoms with Gasteiger partial charge in [0.15, 0.2) is 0 Å². The quantitative estimate of drug-likeness (QED) is 0.422. The number of hydrogen-bond donors (Lipinski definition) is 0. The predicted octanol–water partition coefficient (Wildman–Crippen LogP) is 4.93. The number of nitrogens with zero attached hydrogens (tertiary/aromatic N) is 1.